The van der Waals surface area contributed by atoms with Crippen LogP contribution in [0.25, 0.3) is 0 Å². The SMILES string of the molecule is CC(=CN(C)N=C(C)C(C)(C)C)C(=O)O. The van der Waals surface area contributed by atoms with Crippen molar-refractivity contribution in [3.63, 3.8) is 0 Å². The highest BCUT2D eigenvalue weighted by Gasteiger charge is 2.14. The normalized spacial score (nSPS) is 14.0. The first-order chi connectivity index (χ1) is 6.64. The number of hydrogen-bond donors (Lipinski definition) is 1. The molecule has 0 aromatic rings. The summed E-state index contributed by atoms with van der Waals surface area (Å²) in [5.41, 5.74) is 1.22. The number of carboxylic acid groups (broad SMARTS) is 1. The van der Waals surface area contributed by atoms with Gasteiger partial charge in [-0.2, -0.15) is 5.10 Å². The average Bonchev–Trinajstić information content (AvgIpc) is 2.01. The van der Waals surface area contributed by atoms with Gasteiger partial charge in [-0.15, -0.1) is 0 Å². The third-order valence-corrected chi connectivity index (χ3v) is 2.11. The standard InChI is InChI=1S/C11H20N2O2/c1-8(10(14)15)7-13(6)12-9(2)11(3,4)5/h7H,1-6H3,(H,14,15). The molecule has 0 rings (SSSR count). The first-order valence-electron chi connectivity index (χ1n) is 4.85. The van der Waals surface area contributed by atoms with Gasteiger partial charge in [-0.3, -0.25) is 5.01 Å². The quantitative estimate of drug-likeness (QED) is 0.444. The first-order valence-corrected chi connectivity index (χ1v) is 4.85. The molecule has 0 radical (unpaired) electrons. The van der Waals surface area contributed by atoms with Crippen LogP contribution in [0.1, 0.15) is 34.6 Å². The van der Waals surface area contributed by atoms with Gasteiger partial charge in [-0.05, 0) is 13.8 Å². The minimum Gasteiger partial charge on any atom is -0.478 e. The fraction of sp³-hybridized carbons (Fsp3) is 0.636. The Morgan fingerprint density at radius 2 is 1.80 bits per heavy atom. The predicted octanol–water partition coefficient (Wildman–Crippen LogP) is 2.33. The fourth-order valence-corrected chi connectivity index (χ4v) is 0.751. The van der Waals surface area contributed by atoms with E-state index < -0.39 is 5.97 Å². The van der Waals surface area contributed by atoms with Gasteiger partial charge < -0.3 is 5.11 Å². The van der Waals surface area contributed by atoms with Crippen molar-refractivity contribution in [2.45, 2.75) is 34.6 Å². The number of carboxylic acids is 1. The molecule has 0 unspecified atom stereocenters. The minimum absolute atomic E-state index is 0.000766. The van der Waals surface area contributed by atoms with E-state index in [9.17, 15) is 4.79 Å². The van der Waals surface area contributed by atoms with E-state index in [4.69, 9.17) is 5.11 Å². The molecule has 1 N–H and O–H groups in total. The van der Waals surface area contributed by atoms with Crippen molar-refractivity contribution in [1.82, 2.24) is 5.01 Å². The number of nitrogens with zero attached hydrogens (tertiary/aromatic N) is 2. The summed E-state index contributed by atoms with van der Waals surface area (Å²) in [7, 11) is 1.72. The van der Waals surface area contributed by atoms with Crippen molar-refractivity contribution in [2.24, 2.45) is 10.5 Å². The Labute approximate surface area is 91.3 Å². The second kappa shape index (κ2) is 4.96. The van der Waals surface area contributed by atoms with Gasteiger partial charge in [0.2, 0.25) is 0 Å². The molecule has 0 saturated carbocycles. The monoisotopic (exact) mass is 212 g/mol. The molecule has 0 aliphatic rings. The summed E-state index contributed by atoms with van der Waals surface area (Å²) in [6.45, 7) is 9.66. The summed E-state index contributed by atoms with van der Waals surface area (Å²) in [4.78, 5) is 10.6. The highest BCUT2D eigenvalue weighted by atomic mass is 16.4. The van der Waals surface area contributed by atoms with E-state index in [0.29, 0.717) is 0 Å². The number of aliphatic carboxylic acids is 1. The molecule has 0 bridgehead atoms. The molecule has 0 saturated heterocycles. The van der Waals surface area contributed by atoms with Crippen molar-refractivity contribution >= 4 is 11.7 Å². The molecule has 0 atom stereocenters. The third kappa shape index (κ3) is 5.20. The lowest BCUT2D eigenvalue weighted by Gasteiger charge is -2.20. The van der Waals surface area contributed by atoms with Crippen LogP contribution in [-0.4, -0.2) is 28.8 Å². The van der Waals surface area contributed by atoms with Gasteiger partial charge in [0.25, 0.3) is 0 Å². The van der Waals surface area contributed by atoms with Crippen molar-refractivity contribution in [3.05, 3.63) is 11.8 Å². The zero-order valence-corrected chi connectivity index (χ0v) is 10.3. The van der Waals surface area contributed by atoms with Gasteiger partial charge in [0.15, 0.2) is 0 Å². The second-order valence-corrected chi connectivity index (χ2v) is 4.63. The van der Waals surface area contributed by atoms with Crippen molar-refractivity contribution in [3.8, 4) is 0 Å². The number of hydrazone groups is 1. The van der Waals surface area contributed by atoms with Gasteiger partial charge in [0.05, 0.1) is 5.57 Å². The van der Waals surface area contributed by atoms with E-state index in [0.717, 1.165) is 5.71 Å². The Bertz CT molecular complexity index is 298. The largest absolute Gasteiger partial charge is 0.478 e. The molecule has 0 fully saturated rings. The van der Waals surface area contributed by atoms with Gasteiger partial charge in [0, 0.05) is 24.4 Å². The Morgan fingerprint density at radius 1 is 1.33 bits per heavy atom. The van der Waals surface area contributed by atoms with Crippen LogP contribution >= 0.6 is 0 Å². The van der Waals surface area contributed by atoms with Crippen LogP contribution in [0.4, 0.5) is 0 Å². The molecule has 4 heteroatoms. The van der Waals surface area contributed by atoms with Crippen molar-refractivity contribution in [1.29, 1.82) is 0 Å². The van der Waals surface area contributed by atoms with Crippen LogP contribution in [0.15, 0.2) is 16.9 Å². The van der Waals surface area contributed by atoms with Gasteiger partial charge >= 0.3 is 5.97 Å². The predicted molar refractivity (Wildman–Crippen MR) is 61.7 cm³/mol. The summed E-state index contributed by atoms with van der Waals surface area (Å²) in [5, 5.41) is 14.5. The number of rotatable bonds is 3. The van der Waals surface area contributed by atoms with Crippen molar-refractivity contribution in [2.75, 3.05) is 7.05 Å². The summed E-state index contributed by atoms with van der Waals surface area (Å²) >= 11 is 0. The number of carbonyl (C=O) groups is 1. The molecule has 0 aromatic heterocycles. The lowest BCUT2D eigenvalue weighted by atomic mass is 9.91. The highest BCUT2D eigenvalue weighted by Crippen LogP contribution is 2.16. The average molecular weight is 212 g/mol. The molecule has 0 spiro atoms. The zero-order valence-electron chi connectivity index (χ0n) is 10.3. The summed E-state index contributed by atoms with van der Waals surface area (Å²) in [5.74, 6) is -0.925. The zero-order chi connectivity index (χ0) is 12.2. The lowest BCUT2D eigenvalue weighted by Crippen LogP contribution is -2.20. The Kier molecular flexibility index (Phi) is 4.52. The van der Waals surface area contributed by atoms with Crippen LogP contribution in [0.3, 0.4) is 0 Å². The van der Waals surface area contributed by atoms with E-state index in [1.807, 2.05) is 6.92 Å². The maximum Gasteiger partial charge on any atom is 0.332 e. The molecule has 0 aromatic carbocycles. The lowest BCUT2D eigenvalue weighted by molar-refractivity contribution is -0.132. The van der Waals surface area contributed by atoms with Crippen LogP contribution in [0, 0.1) is 5.41 Å². The molecule has 4 nitrogen and oxygen atoms in total. The summed E-state index contributed by atoms with van der Waals surface area (Å²) in [6.07, 6.45) is 1.50. The van der Waals surface area contributed by atoms with Crippen LogP contribution in [-0.2, 0) is 4.79 Å². The molecule has 86 valence electrons. The molecule has 0 amide bonds. The Balaban J connectivity index is 4.70. The van der Waals surface area contributed by atoms with Gasteiger partial charge in [0.1, 0.15) is 0 Å². The molecule has 0 aliphatic heterocycles. The molecular weight excluding hydrogens is 192 g/mol. The second-order valence-electron chi connectivity index (χ2n) is 4.63. The molecule has 15 heavy (non-hydrogen) atoms. The van der Waals surface area contributed by atoms with Crippen LogP contribution in [0.2, 0.25) is 0 Å². The smallest absolute Gasteiger partial charge is 0.332 e. The van der Waals surface area contributed by atoms with Crippen LogP contribution in [0.5, 0.6) is 0 Å². The van der Waals surface area contributed by atoms with E-state index in [-0.39, 0.29) is 11.0 Å². The van der Waals surface area contributed by atoms with Crippen LogP contribution < -0.4 is 0 Å². The van der Waals surface area contributed by atoms with E-state index in [2.05, 4.69) is 25.9 Å². The maximum atomic E-state index is 10.6. The third-order valence-electron chi connectivity index (χ3n) is 2.11. The van der Waals surface area contributed by atoms with E-state index >= 15 is 0 Å². The molecule has 0 heterocycles. The van der Waals surface area contributed by atoms with E-state index in [1.165, 1.54) is 11.2 Å². The highest BCUT2D eigenvalue weighted by molar-refractivity contribution is 5.87. The van der Waals surface area contributed by atoms with Crippen molar-refractivity contribution < 1.29 is 9.90 Å². The minimum atomic E-state index is -0.925. The maximum absolute atomic E-state index is 10.6. The molecule has 0 aliphatic carbocycles. The summed E-state index contributed by atoms with van der Waals surface area (Å²) < 4.78 is 0. The first kappa shape index (κ1) is 13.7. The molecular formula is C11H20N2O2. The Hall–Kier alpha value is -1.32. The van der Waals surface area contributed by atoms with Gasteiger partial charge in [-0.1, -0.05) is 20.8 Å². The topological polar surface area (TPSA) is 52.9 Å². The fourth-order valence-electron chi connectivity index (χ4n) is 0.751. The summed E-state index contributed by atoms with van der Waals surface area (Å²) in [6, 6.07) is 0. The van der Waals surface area contributed by atoms with Gasteiger partial charge in [-0.25, -0.2) is 4.79 Å². The Morgan fingerprint density at radius 3 is 2.13 bits per heavy atom. The number of hydrogen-bond acceptors (Lipinski definition) is 3. The van der Waals surface area contributed by atoms with E-state index in [1.54, 1.807) is 14.0 Å².